The number of carbonyl (C=O) groups excluding carboxylic acids is 1. The third-order valence-electron chi connectivity index (χ3n) is 5.42. The summed E-state index contributed by atoms with van der Waals surface area (Å²) in [5.74, 6) is 0.255. The van der Waals surface area contributed by atoms with Gasteiger partial charge in [-0.25, -0.2) is 4.98 Å². The standard InChI is InChI=1S/C27H26N4O5/c1-35-26-16-19(18-5-2-6-20(15-18)36-14-4-9-27(33)34)10-11-24(26)28-17-25(32)23-8-3-7-21(30-23)22-12-13-29-31-22/h2-3,5-8,10-13,15-16,28H,4,9,14,17H2,1H3,(H,29,31)(H,33,34). The summed E-state index contributed by atoms with van der Waals surface area (Å²) < 4.78 is 11.2. The molecule has 0 spiro atoms. The second-order valence-electron chi connectivity index (χ2n) is 7.94. The first-order chi connectivity index (χ1) is 17.5. The van der Waals surface area contributed by atoms with Crippen LogP contribution in [0.4, 0.5) is 5.69 Å². The van der Waals surface area contributed by atoms with Gasteiger partial charge in [-0.05, 0) is 60.0 Å². The minimum Gasteiger partial charge on any atom is -0.495 e. The Bertz CT molecular complexity index is 1340. The number of aliphatic carboxylic acids is 1. The number of carboxylic acid groups (broad SMARTS) is 1. The lowest BCUT2D eigenvalue weighted by Gasteiger charge is -2.13. The van der Waals surface area contributed by atoms with E-state index in [1.54, 1.807) is 31.5 Å². The number of methoxy groups -OCH3 is 1. The third-order valence-corrected chi connectivity index (χ3v) is 5.42. The van der Waals surface area contributed by atoms with E-state index in [9.17, 15) is 9.59 Å². The van der Waals surface area contributed by atoms with Gasteiger partial charge >= 0.3 is 5.97 Å². The molecule has 0 amide bonds. The molecular formula is C27H26N4O5. The minimum absolute atomic E-state index is 0.0504. The summed E-state index contributed by atoms with van der Waals surface area (Å²) in [5, 5.41) is 18.7. The number of hydrogen-bond acceptors (Lipinski definition) is 7. The summed E-state index contributed by atoms with van der Waals surface area (Å²) in [5.41, 5.74) is 4.25. The molecule has 184 valence electrons. The zero-order valence-electron chi connectivity index (χ0n) is 19.7. The van der Waals surface area contributed by atoms with Gasteiger partial charge in [-0.2, -0.15) is 5.10 Å². The van der Waals surface area contributed by atoms with Crippen molar-refractivity contribution in [3.8, 4) is 34.0 Å². The molecule has 0 fully saturated rings. The van der Waals surface area contributed by atoms with Crippen molar-refractivity contribution in [2.75, 3.05) is 25.6 Å². The molecule has 0 atom stereocenters. The Hall–Kier alpha value is -4.66. The third kappa shape index (κ3) is 6.26. The van der Waals surface area contributed by atoms with Crippen LogP contribution in [0.2, 0.25) is 0 Å². The fourth-order valence-corrected chi connectivity index (χ4v) is 3.60. The Labute approximate surface area is 208 Å². The van der Waals surface area contributed by atoms with E-state index in [0.29, 0.717) is 41.6 Å². The van der Waals surface area contributed by atoms with Crippen LogP contribution in [0.1, 0.15) is 23.3 Å². The van der Waals surface area contributed by atoms with E-state index in [-0.39, 0.29) is 18.7 Å². The number of anilines is 1. The summed E-state index contributed by atoms with van der Waals surface area (Å²) in [7, 11) is 1.57. The Balaban J connectivity index is 1.42. The number of carboxylic acids is 1. The van der Waals surface area contributed by atoms with Crippen LogP contribution in [-0.2, 0) is 4.79 Å². The van der Waals surface area contributed by atoms with Gasteiger partial charge in [-0.1, -0.05) is 24.3 Å². The van der Waals surface area contributed by atoms with E-state index in [2.05, 4.69) is 20.5 Å². The maximum Gasteiger partial charge on any atom is 0.303 e. The van der Waals surface area contributed by atoms with E-state index in [0.717, 1.165) is 16.8 Å². The number of hydrogen-bond donors (Lipinski definition) is 3. The molecule has 0 aliphatic carbocycles. The predicted octanol–water partition coefficient (Wildman–Crippen LogP) is 4.69. The molecule has 9 nitrogen and oxygen atoms in total. The van der Waals surface area contributed by atoms with Crippen molar-refractivity contribution < 1.29 is 24.2 Å². The summed E-state index contributed by atoms with van der Waals surface area (Å²) in [4.78, 5) is 27.9. The number of benzene rings is 2. The average Bonchev–Trinajstić information content (AvgIpc) is 3.45. The molecule has 0 unspecified atom stereocenters. The number of nitrogens with one attached hydrogen (secondary N) is 2. The number of aromatic nitrogens is 3. The predicted molar refractivity (Wildman–Crippen MR) is 135 cm³/mol. The molecule has 0 saturated carbocycles. The van der Waals surface area contributed by atoms with Gasteiger partial charge in [0, 0.05) is 12.6 Å². The van der Waals surface area contributed by atoms with E-state index < -0.39 is 5.97 Å². The van der Waals surface area contributed by atoms with Crippen LogP contribution in [0.3, 0.4) is 0 Å². The number of aromatic amines is 1. The average molecular weight is 487 g/mol. The highest BCUT2D eigenvalue weighted by Crippen LogP contribution is 2.32. The van der Waals surface area contributed by atoms with Gasteiger partial charge in [-0.15, -0.1) is 0 Å². The number of Topliss-reactive ketones (excluding diaryl/α,β-unsaturated/α-hetero) is 1. The number of ether oxygens (including phenoxy) is 2. The first-order valence-electron chi connectivity index (χ1n) is 11.4. The molecule has 36 heavy (non-hydrogen) atoms. The summed E-state index contributed by atoms with van der Waals surface area (Å²) in [6.07, 6.45) is 2.14. The Morgan fingerprint density at radius 3 is 2.64 bits per heavy atom. The largest absolute Gasteiger partial charge is 0.495 e. The second kappa shape index (κ2) is 11.7. The Kier molecular flexibility index (Phi) is 7.92. The summed E-state index contributed by atoms with van der Waals surface area (Å²) >= 11 is 0. The molecule has 0 aliphatic heterocycles. The van der Waals surface area contributed by atoms with Crippen LogP contribution in [0.5, 0.6) is 11.5 Å². The zero-order chi connectivity index (χ0) is 25.3. The zero-order valence-corrected chi connectivity index (χ0v) is 19.7. The van der Waals surface area contributed by atoms with Crippen molar-refractivity contribution in [1.29, 1.82) is 0 Å². The van der Waals surface area contributed by atoms with Crippen LogP contribution in [0.25, 0.3) is 22.5 Å². The quantitative estimate of drug-likeness (QED) is 0.195. The summed E-state index contributed by atoms with van der Waals surface area (Å²) in [6, 6.07) is 20.3. The summed E-state index contributed by atoms with van der Waals surface area (Å²) in [6.45, 7) is 0.379. The SMILES string of the molecule is COc1cc(-c2cccc(OCCCC(=O)O)c2)ccc1NCC(=O)c1cccc(-c2ccn[nH]2)n1. The molecule has 4 aromatic rings. The van der Waals surface area contributed by atoms with Crippen LogP contribution in [0, 0.1) is 0 Å². The molecule has 2 heterocycles. The van der Waals surface area contributed by atoms with Gasteiger partial charge in [0.15, 0.2) is 5.78 Å². The highest BCUT2D eigenvalue weighted by molar-refractivity contribution is 5.98. The molecule has 0 saturated heterocycles. The molecule has 9 heteroatoms. The number of ketones is 1. The molecule has 2 aromatic carbocycles. The number of carbonyl (C=O) groups is 2. The normalized spacial score (nSPS) is 10.6. The second-order valence-corrected chi connectivity index (χ2v) is 7.94. The first-order valence-corrected chi connectivity index (χ1v) is 11.4. The van der Waals surface area contributed by atoms with Crippen molar-refractivity contribution in [2.24, 2.45) is 0 Å². The smallest absolute Gasteiger partial charge is 0.303 e. The molecular weight excluding hydrogens is 460 g/mol. The number of pyridine rings is 1. The number of H-pyrrole nitrogens is 1. The van der Waals surface area contributed by atoms with E-state index in [1.165, 1.54) is 0 Å². The van der Waals surface area contributed by atoms with Gasteiger partial charge in [0.05, 0.1) is 37.3 Å². The molecule has 3 N–H and O–H groups in total. The van der Waals surface area contributed by atoms with E-state index in [4.69, 9.17) is 14.6 Å². The van der Waals surface area contributed by atoms with Crippen LogP contribution in [-0.4, -0.2) is 52.3 Å². The lowest BCUT2D eigenvalue weighted by molar-refractivity contribution is -0.137. The topological polar surface area (TPSA) is 126 Å². The lowest BCUT2D eigenvalue weighted by atomic mass is 10.0. The first kappa shape index (κ1) is 24.5. The fraction of sp³-hybridized carbons (Fsp3) is 0.185. The van der Waals surface area contributed by atoms with Gasteiger partial charge in [-0.3, -0.25) is 14.7 Å². The van der Waals surface area contributed by atoms with Crippen molar-refractivity contribution in [1.82, 2.24) is 15.2 Å². The minimum atomic E-state index is -0.839. The maximum absolute atomic E-state index is 12.8. The highest BCUT2D eigenvalue weighted by atomic mass is 16.5. The van der Waals surface area contributed by atoms with Gasteiger partial charge in [0.25, 0.3) is 0 Å². The molecule has 0 aliphatic rings. The van der Waals surface area contributed by atoms with Crippen LogP contribution in [0.15, 0.2) is 72.9 Å². The maximum atomic E-state index is 12.8. The fourth-order valence-electron chi connectivity index (χ4n) is 3.60. The molecule has 4 rings (SSSR count). The Morgan fingerprint density at radius 1 is 1.03 bits per heavy atom. The number of nitrogens with zero attached hydrogens (tertiary/aromatic N) is 2. The van der Waals surface area contributed by atoms with Crippen molar-refractivity contribution in [3.63, 3.8) is 0 Å². The molecule has 0 bridgehead atoms. The highest BCUT2D eigenvalue weighted by Gasteiger charge is 2.12. The van der Waals surface area contributed by atoms with Crippen molar-refractivity contribution in [3.05, 3.63) is 78.6 Å². The monoisotopic (exact) mass is 486 g/mol. The van der Waals surface area contributed by atoms with Gasteiger partial charge in [0.2, 0.25) is 0 Å². The van der Waals surface area contributed by atoms with E-state index in [1.807, 2.05) is 48.5 Å². The lowest BCUT2D eigenvalue weighted by Crippen LogP contribution is -2.16. The van der Waals surface area contributed by atoms with Crippen LogP contribution >= 0.6 is 0 Å². The van der Waals surface area contributed by atoms with Crippen molar-refractivity contribution in [2.45, 2.75) is 12.8 Å². The van der Waals surface area contributed by atoms with Gasteiger partial charge < -0.3 is 19.9 Å². The molecule has 2 aromatic heterocycles. The van der Waals surface area contributed by atoms with Gasteiger partial charge in [0.1, 0.15) is 17.2 Å². The number of rotatable bonds is 12. The van der Waals surface area contributed by atoms with Crippen LogP contribution < -0.4 is 14.8 Å². The van der Waals surface area contributed by atoms with E-state index >= 15 is 0 Å². The Morgan fingerprint density at radius 2 is 1.86 bits per heavy atom. The van der Waals surface area contributed by atoms with Crippen molar-refractivity contribution >= 4 is 17.4 Å². The molecule has 0 radical (unpaired) electrons.